The Hall–Kier alpha value is -1.91. The third kappa shape index (κ3) is 2.19. The topological polar surface area (TPSA) is 51.0 Å². The number of carbonyl (C=O) groups is 1. The van der Waals surface area contributed by atoms with Gasteiger partial charge in [-0.2, -0.15) is 5.10 Å². The number of rotatable bonds is 2. The van der Waals surface area contributed by atoms with Crippen LogP contribution >= 0.6 is 0 Å². The lowest BCUT2D eigenvalue weighted by atomic mass is 9.92. The van der Waals surface area contributed by atoms with Crippen LogP contribution in [0.3, 0.4) is 0 Å². The number of pyridine rings is 1. The molecule has 116 valence electrons. The molecule has 1 saturated heterocycles. The molecule has 0 unspecified atom stereocenters. The quantitative estimate of drug-likeness (QED) is 0.855. The molecule has 5 nitrogen and oxygen atoms in total. The van der Waals surface area contributed by atoms with Crippen molar-refractivity contribution in [2.24, 2.45) is 18.9 Å². The highest BCUT2D eigenvalue weighted by atomic mass is 16.2. The zero-order valence-corrected chi connectivity index (χ0v) is 13.2. The van der Waals surface area contributed by atoms with Gasteiger partial charge in [0.2, 0.25) is 5.91 Å². The lowest BCUT2D eigenvalue weighted by Crippen LogP contribution is -2.39. The standard InChI is InChI=1S/C17H22N4O/c1-11-10-14(11)17(22)21-8-5-12(6-9-21)15-13-4-3-7-18-16(13)20(2)19-15/h3-4,7,11-12,14H,5-6,8-10H2,1-2H3/t11-,14+/m1/s1. The van der Waals surface area contributed by atoms with E-state index >= 15 is 0 Å². The molecular formula is C17H22N4O. The maximum atomic E-state index is 12.3. The number of amides is 1. The van der Waals surface area contributed by atoms with Gasteiger partial charge in [-0.05, 0) is 37.3 Å². The van der Waals surface area contributed by atoms with Crippen molar-refractivity contribution in [2.45, 2.75) is 32.1 Å². The van der Waals surface area contributed by atoms with Crippen molar-refractivity contribution in [1.29, 1.82) is 0 Å². The first-order valence-corrected chi connectivity index (χ1v) is 8.21. The zero-order chi connectivity index (χ0) is 15.3. The van der Waals surface area contributed by atoms with E-state index in [1.807, 2.05) is 24.0 Å². The molecule has 1 aliphatic heterocycles. The molecule has 3 heterocycles. The molecule has 2 aliphatic rings. The van der Waals surface area contributed by atoms with Crippen LogP contribution in [0.1, 0.15) is 37.8 Å². The van der Waals surface area contributed by atoms with Gasteiger partial charge in [-0.1, -0.05) is 6.92 Å². The van der Waals surface area contributed by atoms with E-state index in [1.165, 1.54) is 0 Å². The van der Waals surface area contributed by atoms with Gasteiger partial charge in [0, 0.05) is 43.6 Å². The molecule has 4 rings (SSSR count). The third-order valence-corrected chi connectivity index (χ3v) is 5.25. The van der Waals surface area contributed by atoms with Crippen molar-refractivity contribution in [3.63, 3.8) is 0 Å². The van der Waals surface area contributed by atoms with Crippen molar-refractivity contribution >= 4 is 16.9 Å². The molecule has 0 N–H and O–H groups in total. The normalized spacial score (nSPS) is 25.6. The molecule has 2 aromatic heterocycles. The van der Waals surface area contributed by atoms with Gasteiger partial charge < -0.3 is 4.90 Å². The minimum Gasteiger partial charge on any atom is -0.342 e. The molecule has 22 heavy (non-hydrogen) atoms. The van der Waals surface area contributed by atoms with Crippen LogP contribution in [0.15, 0.2) is 18.3 Å². The second kappa shape index (κ2) is 5.07. The molecule has 0 bridgehead atoms. The predicted octanol–water partition coefficient (Wildman–Crippen LogP) is 2.33. The van der Waals surface area contributed by atoms with E-state index in [2.05, 4.69) is 22.9 Å². The van der Waals surface area contributed by atoms with Gasteiger partial charge in [-0.25, -0.2) is 4.98 Å². The number of likely N-dealkylation sites (tertiary alicyclic amines) is 1. The second-order valence-electron chi connectivity index (χ2n) is 6.80. The van der Waals surface area contributed by atoms with Crippen LogP contribution in [-0.4, -0.2) is 38.7 Å². The first-order valence-electron chi connectivity index (χ1n) is 8.21. The Bertz CT molecular complexity index is 715. The molecule has 0 aromatic carbocycles. The van der Waals surface area contributed by atoms with Crippen molar-refractivity contribution < 1.29 is 4.79 Å². The summed E-state index contributed by atoms with van der Waals surface area (Å²) in [4.78, 5) is 18.8. The van der Waals surface area contributed by atoms with Crippen LogP contribution in [0.25, 0.3) is 11.0 Å². The molecule has 2 fully saturated rings. The predicted molar refractivity (Wildman–Crippen MR) is 84.3 cm³/mol. The minimum absolute atomic E-state index is 0.302. The first-order chi connectivity index (χ1) is 10.6. The fourth-order valence-corrected chi connectivity index (χ4v) is 3.69. The van der Waals surface area contributed by atoms with E-state index in [0.717, 1.165) is 49.1 Å². The monoisotopic (exact) mass is 298 g/mol. The molecule has 1 aliphatic carbocycles. The van der Waals surface area contributed by atoms with E-state index in [4.69, 9.17) is 5.10 Å². The fourth-order valence-electron chi connectivity index (χ4n) is 3.69. The van der Waals surface area contributed by atoms with Crippen LogP contribution in [0.5, 0.6) is 0 Å². The van der Waals surface area contributed by atoms with E-state index in [-0.39, 0.29) is 0 Å². The summed E-state index contributed by atoms with van der Waals surface area (Å²) in [5.74, 6) is 1.71. The summed E-state index contributed by atoms with van der Waals surface area (Å²) in [7, 11) is 1.95. The molecule has 2 aromatic rings. The summed E-state index contributed by atoms with van der Waals surface area (Å²) in [5, 5.41) is 5.85. The number of hydrogen-bond donors (Lipinski definition) is 0. The lowest BCUT2D eigenvalue weighted by Gasteiger charge is -2.31. The van der Waals surface area contributed by atoms with Crippen molar-refractivity contribution in [2.75, 3.05) is 13.1 Å². The summed E-state index contributed by atoms with van der Waals surface area (Å²) in [6.07, 6.45) is 4.91. The van der Waals surface area contributed by atoms with Gasteiger partial charge in [0.15, 0.2) is 5.65 Å². The van der Waals surface area contributed by atoms with Gasteiger partial charge >= 0.3 is 0 Å². The van der Waals surface area contributed by atoms with Gasteiger partial charge in [-0.3, -0.25) is 9.48 Å². The molecule has 2 atom stereocenters. The summed E-state index contributed by atoms with van der Waals surface area (Å²) >= 11 is 0. The number of carbonyl (C=O) groups excluding carboxylic acids is 1. The van der Waals surface area contributed by atoms with Gasteiger partial charge in [0.05, 0.1) is 5.69 Å². The Balaban J connectivity index is 1.50. The van der Waals surface area contributed by atoms with Gasteiger partial charge in [-0.15, -0.1) is 0 Å². The maximum Gasteiger partial charge on any atom is 0.225 e. The number of piperidine rings is 1. The molecule has 0 radical (unpaired) electrons. The number of fused-ring (bicyclic) bond motifs is 1. The Morgan fingerprint density at radius 1 is 1.32 bits per heavy atom. The zero-order valence-electron chi connectivity index (χ0n) is 13.2. The van der Waals surface area contributed by atoms with E-state index in [1.54, 1.807) is 0 Å². The van der Waals surface area contributed by atoms with E-state index < -0.39 is 0 Å². The fraction of sp³-hybridized carbons (Fsp3) is 0.588. The lowest BCUT2D eigenvalue weighted by molar-refractivity contribution is -0.133. The van der Waals surface area contributed by atoms with Crippen molar-refractivity contribution in [3.05, 3.63) is 24.0 Å². The summed E-state index contributed by atoms with van der Waals surface area (Å²) in [5.41, 5.74) is 2.10. The van der Waals surface area contributed by atoms with Crippen molar-refractivity contribution in [3.8, 4) is 0 Å². The molecule has 0 spiro atoms. The summed E-state index contributed by atoms with van der Waals surface area (Å²) < 4.78 is 1.87. The minimum atomic E-state index is 0.302. The number of nitrogens with zero attached hydrogens (tertiary/aromatic N) is 4. The Morgan fingerprint density at radius 2 is 2.05 bits per heavy atom. The number of aromatic nitrogens is 3. The average molecular weight is 298 g/mol. The largest absolute Gasteiger partial charge is 0.342 e. The van der Waals surface area contributed by atoms with Crippen LogP contribution in [-0.2, 0) is 11.8 Å². The molecule has 1 saturated carbocycles. The Labute approximate surface area is 130 Å². The number of aryl methyl sites for hydroxylation is 1. The number of hydrogen-bond acceptors (Lipinski definition) is 3. The highest BCUT2D eigenvalue weighted by molar-refractivity contribution is 5.82. The second-order valence-corrected chi connectivity index (χ2v) is 6.80. The van der Waals surface area contributed by atoms with Crippen LogP contribution in [0, 0.1) is 11.8 Å². The Kier molecular flexibility index (Phi) is 3.17. The Morgan fingerprint density at radius 3 is 2.73 bits per heavy atom. The highest BCUT2D eigenvalue weighted by Gasteiger charge is 2.42. The van der Waals surface area contributed by atoms with E-state index in [0.29, 0.717) is 23.7 Å². The van der Waals surface area contributed by atoms with Crippen LogP contribution in [0.4, 0.5) is 0 Å². The third-order valence-electron chi connectivity index (χ3n) is 5.25. The smallest absolute Gasteiger partial charge is 0.225 e. The van der Waals surface area contributed by atoms with Gasteiger partial charge in [0.25, 0.3) is 0 Å². The average Bonchev–Trinajstić information content (AvgIpc) is 3.19. The summed E-state index contributed by atoms with van der Waals surface area (Å²) in [6.45, 7) is 3.90. The van der Waals surface area contributed by atoms with Gasteiger partial charge in [0.1, 0.15) is 0 Å². The van der Waals surface area contributed by atoms with Crippen LogP contribution in [0.2, 0.25) is 0 Å². The van der Waals surface area contributed by atoms with E-state index in [9.17, 15) is 4.79 Å². The molecule has 5 heteroatoms. The summed E-state index contributed by atoms with van der Waals surface area (Å²) in [6, 6.07) is 4.08. The maximum absolute atomic E-state index is 12.3. The SMILES string of the molecule is C[C@@H]1C[C@@H]1C(=O)N1CCC(c2nn(C)c3ncccc23)CC1. The first kappa shape index (κ1) is 13.7. The van der Waals surface area contributed by atoms with Crippen molar-refractivity contribution in [1.82, 2.24) is 19.7 Å². The molecular weight excluding hydrogens is 276 g/mol. The molecule has 1 amide bonds. The van der Waals surface area contributed by atoms with Crippen LogP contribution < -0.4 is 0 Å². The highest BCUT2D eigenvalue weighted by Crippen LogP contribution is 2.40.